The fourth-order valence-corrected chi connectivity index (χ4v) is 2.63. The molecule has 0 atom stereocenters. The van der Waals surface area contributed by atoms with Crippen LogP contribution < -0.4 is 0 Å². The summed E-state index contributed by atoms with van der Waals surface area (Å²) in [5.41, 5.74) is 0. The van der Waals surface area contributed by atoms with Gasteiger partial charge in [-0.05, 0) is 0 Å². The summed E-state index contributed by atoms with van der Waals surface area (Å²) in [7, 11) is 0. The Morgan fingerprint density at radius 3 is 2.18 bits per heavy atom. The summed E-state index contributed by atoms with van der Waals surface area (Å²) < 4.78 is 19.6. The van der Waals surface area contributed by atoms with Gasteiger partial charge in [0.1, 0.15) is 0 Å². The standard InChI is InChI=1S/C8H17.H2O.O.Sn/c1-3-5-7-8-6-4-2;;;/h1,3-8H2,2H3;1H2;;/q;;;+1/p-1. The number of hydrogen-bond donors (Lipinski definition) is 1. The molecule has 0 aliphatic heterocycles. The van der Waals surface area contributed by atoms with Crippen LogP contribution in [0.25, 0.3) is 0 Å². The molecular weight excluding hydrogens is 247 g/mol. The van der Waals surface area contributed by atoms with Gasteiger partial charge in [0.2, 0.25) is 0 Å². The van der Waals surface area contributed by atoms with Crippen LogP contribution in [0.4, 0.5) is 0 Å². The molecular formula is C8H18O2Sn. The molecule has 0 bridgehead atoms. The topological polar surface area (TPSA) is 37.3 Å². The molecule has 0 aliphatic carbocycles. The van der Waals surface area contributed by atoms with Gasteiger partial charge in [-0.15, -0.1) is 0 Å². The van der Waals surface area contributed by atoms with Gasteiger partial charge in [0.25, 0.3) is 0 Å². The molecule has 2 nitrogen and oxygen atoms in total. The molecule has 1 N–H and O–H groups in total. The number of rotatable bonds is 7. The normalized spacial score (nSPS) is 10.0. The van der Waals surface area contributed by atoms with Crippen LogP contribution in [-0.4, -0.2) is 23.6 Å². The van der Waals surface area contributed by atoms with Crippen molar-refractivity contribution in [2.75, 3.05) is 0 Å². The second-order valence-corrected chi connectivity index (χ2v) is 6.59. The monoisotopic (exact) mass is 266 g/mol. The summed E-state index contributed by atoms with van der Waals surface area (Å²) in [4.78, 5) is 0. The van der Waals surface area contributed by atoms with Gasteiger partial charge in [-0.25, -0.2) is 0 Å². The predicted molar refractivity (Wildman–Crippen MR) is 46.8 cm³/mol. The molecule has 0 aromatic carbocycles. The van der Waals surface area contributed by atoms with E-state index in [1.807, 2.05) is 0 Å². The van der Waals surface area contributed by atoms with Crippen molar-refractivity contribution in [2.45, 2.75) is 49.9 Å². The van der Waals surface area contributed by atoms with E-state index in [0.29, 0.717) is 4.44 Å². The van der Waals surface area contributed by atoms with Crippen LogP contribution in [-0.2, 0) is 3.08 Å². The molecule has 0 rings (SSSR count). The molecule has 0 spiro atoms. The van der Waals surface area contributed by atoms with Gasteiger partial charge in [0.05, 0.1) is 0 Å². The molecule has 11 heavy (non-hydrogen) atoms. The molecule has 3 heteroatoms. The molecule has 0 aromatic heterocycles. The van der Waals surface area contributed by atoms with Crippen LogP contribution >= 0.6 is 0 Å². The maximum absolute atomic E-state index is 10.4. The maximum atomic E-state index is 10.4. The third-order valence-electron chi connectivity index (χ3n) is 1.74. The zero-order chi connectivity index (χ0) is 8.53. The van der Waals surface area contributed by atoms with E-state index in [0.717, 1.165) is 12.8 Å². The Labute approximate surface area is 76.7 Å². The van der Waals surface area contributed by atoms with Crippen molar-refractivity contribution in [3.63, 3.8) is 0 Å². The van der Waals surface area contributed by atoms with Gasteiger partial charge in [0.15, 0.2) is 0 Å². The van der Waals surface area contributed by atoms with Crippen molar-refractivity contribution in [3.05, 3.63) is 0 Å². The summed E-state index contributed by atoms with van der Waals surface area (Å²) >= 11 is -2.95. The summed E-state index contributed by atoms with van der Waals surface area (Å²) in [5, 5.41) is 0. The molecule has 66 valence electrons. The van der Waals surface area contributed by atoms with Crippen molar-refractivity contribution in [1.29, 1.82) is 0 Å². The van der Waals surface area contributed by atoms with Crippen LogP contribution in [0.1, 0.15) is 45.4 Å². The average molecular weight is 265 g/mol. The van der Waals surface area contributed by atoms with Crippen LogP contribution in [0.15, 0.2) is 0 Å². The number of unbranched alkanes of at least 4 members (excludes halogenated alkanes) is 5. The van der Waals surface area contributed by atoms with Crippen LogP contribution in [0, 0.1) is 0 Å². The second-order valence-electron chi connectivity index (χ2n) is 2.91. The Morgan fingerprint density at radius 2 is 1.64 bits per heavy atom. The predicted octanol–water partition coefficient (Wildman–Crippen LogP) is 2.26. The summed E-state index contributed by atoms with van der Waals surface area (Å²) in [6, 6.07) is 0. The first kappa shape index (κ1) is 11.6. The summed E-state index contributed by atoms with van der Waals surface area (Å²) in [6.45, 7) is 2.19. The van der Waals surface area contributed by atoms with Crippen LogP contribution in [0.2, 0.25) is 4.44 Å². The van der Waals surface area contributed by atoms with Gasteiger partial charge in [-0.1, -0.05) is 0 Å². The molecule has 0 heterocycles. The van der Waals surface area contributed by atoms with Crippen molar-refractivity contribution >= 4 is 20.2 Å². The first-order valence-corrected chi connectivity index (χ1v) is 8.95. The first-order valence-electron chi connectivity index (χ1n) is 4.49. The van der Waals surface area contributed by atoms with Crippen molar-refractivity contribution < 1.29 is 6.52 Å². The third-order valence-corrected chi connectivity index (χ3v) is 3.97. The Morgan fingerprint density at radius 1 is 1.09 bits per heavy atom. The van der Waals surface area contributed by atoms with Crippen molar-refractivity contribution in [3.8, 4) is 0 Å². The van der Waals surface area contributed by atoms with Crippen molar-refractivity contribution in [1.82, 2.24) is 0 Å². The van der Waals surface area contributed by atoms with Crippen molar-refractivity contribution in [2.24, 2.45) is 0 Å². The molecule has 0 radical (unpaired) electrons. The Kier molecular flexibility index (Phi) is 9.09. The zero-order valence-electron chi connectivity index (χ0n) is 7.31. The van der Waals surface area contributed by atoms with E-state index in [1.54, 1.807) is 0 Å². The van der Waals surface area contributed by atoms with Crippen LogP contribution in [0.3, 0.4) is 0 Å². The molecule has 0 aliphatic rings. The number of hydrogen-bond acceptors (Lipinski definition) is 1. The van der Waals surface area contributed by atoms with E-state index < -0.39 is 20.2 Å². The second kappa shape index (κ2) is 8.65. The Bertz CT molecular complexity index is 104. The first-order chi connectivity index (χ1) is 5.27. The fourth-order valence-electron chi connectivity index (χ4n) is 1.06. The Hall–Kier alpha value is 0.559. The van der Waals surface area contributed by atoms with E-state index in [2.05, 4.69) is 6.92 Å². The van der Waals surface area contributed by atoms with E-state index >= 15 is 0 Å². The zero-order valence-corrected chi connectivity index (χ0v) is 10.2. The quantitative estimate of drug-likeness (QED) is 0.566. The fraction of sp³-hybridized carbons (Fsp3) is 1.00. The SMILES string of the molecule is CCCCCCC[CH2][Sn](=[O])[OH]. The molecule has 0 saturated heterocycles. The van der Waals surface area contributed by atoms with E-state index in [-0.39, 0.29) is 0 Å². The van der Waals surface area contributed by atoms with Gasteiger partial charge in [-0.2, -0.15) is 0 Å². The minimum atomic E-state index is -2.95. The van der Waals surface area contributed by atoms with Gasteiger partial charge in [0, 0.05) is 0 Å². The van der Waals surface area contributed by atoms with E-state index in [4.69, 9.17) is 3.44 Å². The molecule has 0 amide bonds. The average Bonchev–Trinajstić information content (AvgIpc) is 1.96. The van der Waals surface area contributed by atoms with E-state index in [9.17, 15) is 3.08 Å². The van der Waals surface area contributed by atoms with Gasteiger partial charge >= 0.3 is 76.6 Å². The third kappa shape index (κ3) is 10.6. The molecule has 0 saturated carbocycles. The minimum absolute atomic E-state index is 0.619. The van der Waals surface area contributed by atoms with Gasteiger partial charge in [-0.3, -0.25) is 0 Å². The summed E-state index contributed by atoms with van der Waals surface area (Å²) in [5.74, 6) is 0. The summed E-state index contributed by atoms with van der Waals surface area (Å²) in [6.07, 6.45) is 7.22. The van der Waals surface area contributed by atoms with Gasteiger partial charge < -0.3 is 0 Å². The van der Waals surface area contributed by atoms with Crippen LogP contribution in [0.5, 0.6) is 0 Å². The Balaban J connectivity index is 2.85. The molecule has 0 unspecified atom stereocenters. The molecule has 0 fully saturated rings. The molecule has 0 aromatic rings. The van der Waals surface area contributed by atoms with E-state index in [1.165, 1.54) is 25.7 Å².